The van der Waals surface area contributed by atoms with Gasteiger partial charge in [-0.05, 0) is 12.8 Å². The quantitative estimate of drug-likeness (QED) is 0.440. The Hall–Kier alpha value is -0.570. The van der Waals surface area contributed by atoms with E-state index in [2.05, 4.69) is 9.99 Å². The number of oxime groups is 1. The summed E-state index contributed by atoms with van der Waals surface area (Å²) in [6.07, 6.45) is 2.47. The van der Waals surface area contributed by atoms with Crippen LogP contribution in [0.4, 0.5) is 0 Å². The van der Waals surface area contributed by atoms with Gasteiger partial charge in [-0.25, -0.2) is 0 Å². The molecule has 0 aromatic carbocycles. The third-order valence-electron chi connectivity index (χ3n) is 1.47. The lowest BCUT2D eigenvalue weighted by molar-refractivity contribution is 0.211. The second kappa shape index (κ2) is 2.82. The average molecular weight is 128 g/mol. The van der Waals surface area contributed by atoms with Crippen molar-refractivity contribution in [3.63, 3.8) is 0 Å². The van der Waals surface area contributed by atoms with E-state index in [9.17, 15) is 0 Å². The van der Waals surface area contributed by atoms with Crippen molar-refractivity contribution in [3.05, 3.63) is 0 Å². The molecule has 0 bridgehead atoms. The molecule has 3 heteroatoms. The van der Waals surface area contributed by atoms with E-state index < -0.39 is 0 Å². The summed E-state index contributed by atoms with van der Waals surface area (Å²) in [6, 6.07) is 0. The second-order valence-corrected chi connectivity index (χ2v) is 2.24. The second-order valence-electron chi connectivity index (χ2n) is 2.24. The molecule has 1 fully saturated rings. The predicted molar refractivity (Wildman–Crippen MR) is 36.2 cm³/mol. The van der Waals surface area contributed by atoms with E-state index in [1.807, 2.05) is 0 Å². The molecule has 0 heterocycles. The summed E-state index contributed by atoms with van der Waals surface area (Å²) in [7, 11) is 1.55. The summed E-state index contributed by atoms with van der Waals surface area (Å²) in [5.74, 6) is 0.634. The van der Waals surface area contributed by atoms with E-state index in [0.717, 1.165) is 5.71 Å². The predicted octanol–water partition coefficient (Wildman–Crippen LogP) is 0.358. The maximum atomic E-state index is 5.39. The van der Waals surface area contributed by atoms with Gasteiger partial charge in [-0.2, -0.15) is 0 Å². The van der Waals surface area contributed by atoms with E-state index in [1.165, 1.54) is 12.8 Å². The molecule has 0 atom stereocenters. The van der Waals surface area contributed by atoms with Crippen LogP contribution in [0.15, 0.2) is 5.16 Å². The Morgan fingerprint density at radius 2 is 2.44 bits per heavy atom. The van der Waals surface area contributed by atoms with Crippen molar-refractivity contribution in [1.29, 1.82) is 0 Å². The molecule has 9 heavy (non-hydrogen) atoms. The smallest absolute Gasteiger partial charge is 0.106 e. The fourth-order valence-electron chi connectivity index (χ4n) is 0.812. The standard InChI is InChI=1S/C6H12N2O/c1-9-8-6(4-7)5-2-3-5/h5H,2-4,7H2,1H3. The van der Waals surface area contributed by atoms with Gasteiger partial charge in [0.25, 0.3) is 0 Å². The van der Waals surface area contributed by atoms with Crippen LogP contribution in [0.1, 0.15) is 12.8 Å². The fraction of sp³-hybridized carbons (Fsp3) is 0.833. The molecule has 1 aliphatic rings. The molecule has 52 valence electrons. The summed E-state index contributed by atoms with van der Waals surface area (Å²) in [5.41, 5.74) is 6.40. The first-order valence-electron chi connectivity index (χ1n) is 3.18. The highest BCUT2D eigenvalue weighted by Crippen LogP contribution is 2.30. The highest BCUT2D eigenvalue weighted by Gasteiger charge is 2.26. The molecule has 2 N–H and O–H groups in total. The normalized spacial score (nSPS) is 20.0. The molecule has 0 aromatic heterocycles. The molecule has 0 spiro atoms. The topological polar surface area (TPSA) is 47.6 Å². The van der Waals surface area contributed by atoms with Crippen LogP contribution in [-0.4, -0.2) is 19.4 Å². The number of hydrogen-bond acceptors (Lipinski definition) is 3. The van der Waals surface area contributed by atoms with Gasteiger partial charge in [0, 0.05) is 12.5 Å². The summed E-state index contributed by atoms with van der Waals surface area (Å²) in [6.45, 7) is 0.540. The Morgan fingerprint density at radius 3 is 2.78 bits per heavy atom. The minimum atomic E-state index is 0.540. The van der Waals surface area contributed by atoms with E-state index >= 15 is 0 Å². The Morgan fingerprint density at radius 1 is 1.78 bits per heavy atom. The SMILES string of the molecule is CON=C(CN)C1CC1. The van der Waals surface area contributed by atoms with Crippen molar-refractivity contribution in [2.45, 2.75) is 12.8 Å². The zero-order chi connectivity index (χ0) is 6.69. The first-order valence-corrected chi connectivity index (χ1v) is 3.18. The molecule has 1 rings (SSSR count). The monoisotopic (exact) mass is 128 g/mol. The lowest BCUT2D eigenvalue weighted by Crippen LogP contribution is -2.15. The molecular formula is C6H12N2O. The third-order valence-corrected chi connectivity index (χ3v) is 1.47. The molecule has 0 saturated heterocycles. The highest BCUT2D eigenvalue weighted by atomic mass is 16.6. The first kappa shape index (κ1) is 6.55. The number of rotatable bonds is 3. The van der Waals surface area contributed by atoms with Crippen LogP contribution >= 0.6 is 0 Å². The van der Waals surface area contributed by atoms with Gasteiger partial charge in [0.05, 0.1) is 5.71 Å². The summed E-state index contributed by atoms with van der Waals surface area (Å²) < 4.78 is 0. The summed E-state index contributed by atoms with van der Waals surface area (Å²) in [4.78, 5) is 4.60. The highest BCUT2D eigenvalue weighted by molar-refractivity contribution is 5.89. The molecule has 1 aliphatic carbocycles. The maximum Gasteiger partial charge on any atom is 0.106 e. The van der Waals surface area contributed by atoms with Crippen LogP contribution in [0.2, 0.25) is 0 Å². The molecule has 0 aromatic rings. The van der Waals surface area contributed by atoms with E-state index in [4.69, 9.17) is 5.73 Å². The van der Waals surface area contributed by atoms with Gasteiger partial charge in [0.15, 0.2) is 0 Å². The molecule has 0 unspecified atom stereocenters. The Bertz CT molecular complexity index is 118. The molecular weight excluding hydrogens is 116 g/mol. The minimum Gasteiger partial charge on any atom is -0.399 e. The van der Waals surface area contributed by atoms with Crippen LogP contribution in [0.3, 0.4) is 0 Å². The van der Waals surface area contributed by atoms with Crippen LogP contribution in [0.5, 0.6) is 0 Å². The average Bonchev–Trinajstić information content (AvgIpc) is 2.64. The Labute approximate surface area is 54.9 Å². The van der Waals surface area contributed by atoms with Gasteiger partial charge >= 0.3 is 0 Å². The molecule has 0 radical (unpaired) electrons. The summed E-state index contributed by atoms with van der Waals surface area (Å²) >= 11 is 0. The molecule has 1 saturated carbocycles. The van der Waals surface area contributed by atoms with Crippen molar-refractivity contribution < 1.29 is 4.84 Å². The number of hydrogen-bond donors (Lipinski definition) is 1. The molecule has 3 nitrogen and oxygen atoms in total. The van der Waals surface area contributed by atoms with Gasteiger partial charge in [-0.1, -0.05) is 5.16 Å². The van der Waals surface area contributed by atoms with E-state index in [-0.39, 0.29) is 0 Å². The van der Waals surface area contributed by atoms with Crippen molar-refractivity contribution >= 4 is 5.71 Å². The van der Waals surface area contributed by atoms with E-state index in [1.54, 1.807) is 7.11 Å². The van der Waals surface area contributed by atoms with Crippen LogP contribution in [0.25, 0.3) is 0 Å². The summed E-state index contributed by atoms with van der Waals surface area (Å²) in [5, 5.41) is 3.80. The van der Waals surface area contributed by atoms with Crippen molar-refractivity contribution in [2.75, 3.05) is 13.7 Å². The van der Waals surface area contributed by atoms with Gasteiger partial charge in [0.1, 0.15) is 7.11 Å². The van der Waals surface area contributed by atoms with Gasteiger partial charge in [-0.15, -0.1) is 0 Å². The zero-order valence-electron chi connectivity index (χ0n) is 5.63. The van der Waals surface area contributed by atoms with Gasteiger partial charge < -0.3 is 10.6 Å². The maximum absolute atomic E-state index is 5.39. The number of nitrogens with two attached hydrogens (primary N) is 1. The fourth-order valence-corrected chi connectivity index (χ4v) is 0.812. The van der Waals surface area contributed by atoms with Crippen LogP contribution in [0, 0.1) is 5.92 Å². The first-order chi connectivity index (χ1) is 4.38. The minimum absolute atomic E-state index is 0.540. The Balaban J connectivity index is 2.37. The largest absolute Gasteiger partial charge is 0.399 e. The lowest BCUT2D eigenvalue weighted by Gasteiger charge is -1.96. The van der Waals surface area contributed by atoms with Gasteiger partial charge in [-0.3, -0.25) is 0 Å². The van der Waals surface area contributed by atoms with Crippen LogP contribution < -0.4 is 5.73 Å². The Kier molecular flexibility index (Phi) is 2.05. The number of nitrogens with zero attached hydrogens (tertiary/aromatic N) is 1. The van der Waals surface area contributed by atoms with Crippen molar-refractivity contribution in [3.8, 4) is 0 Å². The van der Waals surface area contributed by atoms with Crippen molar-refractivity contribution in [1.82, 2.24) is 0 Å². The van der Waals surface area contributed by atoms with Crippen molar-refractivity contribution in [2.24, 2.45) is 16.8 Å². The van der Waals surface area contributed by atoms with E-state index in [0.29, 0.717) is 12.5 Å². The van der Waals surface area contributed by atoms with Crippen LogP contribution in [-0.2, 0) is 4.84 Å². The lowest BCUT2D eigenvalue weighted by atomic mass is 10.2. The van der Waals surface area contributed by atoms with Gasteiger partial charge in [0.2, 0.25) is 0 Å². The third kappa shape index (κ3) is 1.68. The zero-order valence-corrected chi connectivity index (χ0v) is 5.63. The molecule has 0 amide bonds. The molecule has 0 aliphatic heterocycles.